The molecule has 0 N–H and O–H groups in total. The summed E-state index contributed by atoms with van der Waals surface area (Å²) >= 11 is 0. The van der Waals surface area contributed by atoms with E-state index in [1.807, 2.05) is 37.6 Å². The fraction of sp³-hybridized carbons (Fsp3) is 0.500. The molecule has 4 nitrogen and oxygen atoms in total. The van der Waals surface area contributed by atoms with Crippen molar-refractivity contribution in [2.45, 2.75) is 52.4 Å². The molecule has 0 spiro atoms. The maximum atomic E-state index is 6.47. The molecule has 0 saturated heterocycles. The molecule has 0 aliphatic carbocycles. The second-order valence-electron chi connectivity index (χ2n) is 7.86. The molecule has 144 valence electrons. The number of hydrogen-bond donors (Lipinski definition) is 0. The van der Waals surface area contributed by atoms with Gasteiger partial charge in [-0.25, -0.2) is 0 Å². The fourth-order valence-electron chi connectivity index (χ4n) is 2.36. The quantitative estimate of drug-likeness (QED) is 0.397. The van der Waals surface area contributed by atoms with Crippen LogP contribution in [-0.4, -0.2) is 42.3 Å². The summed E-state index contributed by atoms with van der Waals surface area (Å²) in [6.45, 7) is 32.1. The summed E-state index contributed by atoms with van der Waals surface area (Å²) in [5.74, 6) is 0. The van der Waals surface area contributed by atoms with Gasteiger partial charge in [-0.1, -0.05) is 22.8 Å². The smallest absolute Gasteiger partial charge is 0.343 e. The van der Waals surface area contributed by atoms with E-state index >= 15 is 0 Å². The predicted molar refractivity (Wildman–Crippen MR) is 121 cm³/mol. The van der Waals surface area contributed by atoms with Gasteiger partial charge in [0.25, 0.3) is 0 Å². The molecule has 0 bridgehead atoms. The van der Waals surface area contributed by atoms with Crippen molar-refractivity contribution in [3.05, 3.63) is 49.1 Å². The van der Waals surface area contributed by atoms with Crippen LogP contribution in [0.5, 0.6) is 0 Å². The maximum Gasteiger partial charge on any atom is 0.343 e. The molecule has 0 heterocycles. The molecule has 0 aliphatic heterocycles. The molecule has 25 heavy (non-hydrogen) atoms. The van der Waals surface area contributed by atoms with Crippen molar-refractivity contribution < 1.29 is 16.5 Å². The molecule has 0 saturated carbocycles. The SMILES string of the molecule is C=C[Si](C)(C)O[Si](C)(C)O[Si](C)(C=C)O[Si](C)(C=C)O[Si](C)(C)C=C. The molecule has 0 amide bonds. The van der Waals surface area contributed by atoms with Crippen LogP contribution in [0.2, 0.25) is 52.4 Å². The third kappa shape index (κ3) is 8.88. The van der Waals surface area contributed by atoms with Crippen molar-refractivity contribution >= 4 is 42.3 Å². The van der Waals surface area contributed by atoms with Gasteiger partial charge >= 0.3 is 25.7 Å². The third-order valence-electron chi connectivity index (χ3n) is 3.55. The second-order valence-corrected chi connectivity index (χ2v) is 26.0. The molecule has 2 unspecified atom stereocenters. The second kappa shape index (κ2) is 8.72. The van der Waals surface area contributed by atoms with Gasteiger partial charge in [0.15, 0.2) is 16.6 Å². The first kappa shape index (κ1) is 24.9. The zero-order chi connectivity index (χ0) is 20.2. The van der Waals surface area contributed by atoms with Crippen molar-refractivity contribution in [2.75, 3.05) is 0 Å². The van der Waals surface area contributed by atoms with Crippen LogP contribution in [-0.2, 0) is 16.5 Å². The molecule has 0 radical (unpaired) electrons. The normalized spacial score (nSPS) is 17.9. The fourth-order valence-corrected chi connectivity index (χ4v) is 22.4. The van der Waals surface area contributed by atoms with Crippen LogP contribution in [0.25, 0.3) is 0 Å². The van der Waals surface area contributed by atoms with Crippen molar-refractivity contribution in [3.63, 3.8) is 0 Å². The lowest BCUT2D eigenvalue weighted by Crippen LogP contribution is -2.59. The summed E-state index contributed by atoms with van der Waals surface area (Å²) in [4.78, 5) is 0. The highest BCUT2D eigenvalue weighted by molar-refractivity contribution is 6.94. The molecule has 0 aromatic heterocycles. The monoisotopic (exact) mass is 432 g/mol. The summed E-state index contributed by atoms with van der Waals surface area (Å²) in [6, 6.07) is 0. The molecule has 2 atom stereocenters. The van der Waals surface area contributed by atoms with E-state index in [0.717, 1.165) is 0 Å². The van der Waals surface area contributed by atoms with Gasteiger partial charge in [-0.05, 0) is 52.4 Å². The van der Waals surface area contributed by atoms with E-state index in [-0.39, 0.29) is 0 Å². The van der Waals surface area contributed by atoms with Crippen LogP contribution in [0.3, 0.4) is 0 Å². The molecule has 0 aromatic rings. The average molecular weight is 433 g/mol. The highest BCUT2D eigenvalue weighted by atomic mass is 28.5. The van der Waals surface area contributed by atoms with Crippen LogP contribution in [0.1, 0.15) is 0 Å². The standard InChI is InChI=1S/C16H36O4Si5/c1-13-21(5,6)17-23(9,10)19-25(12,16-4)20-24(11,15-3)18-22(7,8)14-2/h13-16H,1-4H2,5-12H3. The number of rotatable bonds is 12. The summed E-state index contributed by atoms with van der Waals surface area (Å²) in [5, 5.41) is 0. The van der Waals surface area contributed by atoms with Crippen LogP contribution in [0.4, 0.5) is 0 Å². The van der Waals surface area contributed by atoms with Crippen molar-refractivity contribution in [2.24, 2.45) is 0 Å². The molecular weight excluding hydrogens is 397 g/mol. The van der Waals surface area contributed by atoms with Crippen molar-refractivity contribution in [1.29, 1.82) is 0 Å². The predicted octanol–water partition coefficient (Wildman–Crippen LogP) is 5.21. The Morgan fingerprint density at radius 1 is 0.480 bits per heavy atom. The summed E-state index contributed by atoms with van der Waals surface area (Å²) in [7, 11) is -11.7. The van der Waals surface area contributed by atoms with Gasteiger partial charge in [0.1, 0.15) is 0 Å². The van der Waals surface area contributed by atoms with Gasteiger partial charge in [-0.3, -0.25) is 0 Å². The van der Waals surface area contributed by atoms with Gasteiger partial charge in [0, 0.05) is 0 Å². The first-order chi connectivity index (χ1) is 11.1. The van der Waals surface area contributed by atoms with E-state index < -0.39 is 42.3 Å². The van der Waals surface area contributed by atoms with E-state index in [1.165, 1.54) is 0 Å². The Morgan fingerprint density at radius 3 is 1.20 bits per heavy atom. The lowest BCUT2D eigenvalue weighted by atomic mass is 11.3. The van der Waals surface area contributed by atoms with Crippen LogP contribution in [0, 0.1) is 0 Å². The van der Waals surface area contributed by atoms with Gasteiger partial charge in [-0.2, -0.15) is 0 Å². The Morgan fingerprint density at radius 2 is 0.840 bits per heavy atom. The largest absolute Gasteiger partial charge is 0.433 e. The summed E-state index contributed by atoms with van der Waals surface area (Å²) in [6.07, 6.45) is 0. The Hall–Kier alpha value is -0.116. The molecule has 9 heteroatoms. The zero-order valence-corrected chi connectivity index (χ0v) is 22.3. The van der Waals surface area contributed by atoms with E-state index in [4.69, 9.17) is 16.5 Å². The Labute approximate surface area is 160 Å². The van der Waals surface area contributed by atoms with Crippen molar-refractivity contribution in [1.82, 2.24) is 0 Å². The van der Waals surface area contributed by atoms with E-state index in [1.54, 1.807) is 11.4 Å². The lowest BCUT2D eigenvalue weighted by Gasteiger charge is -2.41. The molecule has 0 rings (SSSR count). The highest BCUT2D eigenvalue weighted by Gasteiger charge is 2.47. The highest BCUT2D eigenvalue weighted by Crippen LogP contribution is 2.27. The van der Waals surface area contributed by atoms with Gasteiger partial charge < -0.3 is 16.5 Å². The van der Waals surface area contributed by atoms with Crippen LogP contribution < -0.4 is 0 Å². The van der Waals surface area contributed by atoms with Gasteiger partial charge in [-0.15, -0.1) is 26.3 Å². The Balaban J connectivity index is 5.44. The first-order valence-corrected chi connectivity index (χ1v) is 22.0. The van der Waals surface area contributed by atoms with Crippen molar-refractivity contribution in [3.8, 4) is 0 Å². The van der Waals surface area contributed by atoms with E-state index in [2.05, 4.69) is 52.5 Å². The Bertz CT molecular complexity index is 521. The lowest BCUT2D eigenvalue weighted by molar-refractivity contribution is 0.309. The summed E-state index contributed by atoms with van der Waals surface area (Å²) in [5.41, 5.74) is 7.43. The minimum atomic E-state index is -2.70. The molecular formula is C16H36O4Si5. The number of hydrogen-bond acceptors (Lipinski definition) is 4. The summed E-state index contributed by atoms with van der Waals surface area (Å²) < 4.78 is 25.6. The van der Waals surface area contributed by atoms with Gasteiger partial charge in [0.2, 0.25) is 0 Å². The van der Waals surface area contributed by atoms with E-state index in [0.29, 0.717) is 0 Å². The van der Waals surface area contributed by atoms with Crippen LogP contribution in [0.15, 0.2) is 49.1 Å². The molecule has 0 aromatic carbocycles. The minimum absolute atomic E-state index is 1.80. The maximum absolute atomic E-state index is 6.47. The zero-order valence-electron chi connectivity index (χ0n) is 17.3. The van der Waals surface area contributed by atoms with Crippen LogP contribution >= 0.6 is 0 Å². The minimum Gasteiger partial charge on any atom is -0.433 e. The topological polar surface area (TPSA) is 36.9 Å². The average Bonchev–Trinajstić information content (AvgIpc) is 2.44. The van der Waals surface area contributed by atoms with Gasteiger partial charge in [0.05, 0.1) is 0 Å². The Kier molecular flexibility index (Phi) is 8.67. The first-order valence-electron chi connectivity index (χ1n) is 8.42. The van der Waals surface area contributed by atoms with E-state index in [9.17, 15) is 0 Å². The third-order valence-corrected chi connectivity index (χ3v) is 21.6. The molecule has 0 aliphatic rings. The molecule has 0 fully saturated rings.